The molecule has 0 N–H and O–H groups in total. The molecule has 2 heterocycles. The van der Waals surface area contributed by atoms with Crippen LogP contribution in [0.4, 0.5) is 0 Å². The lowest BCUT2D eigenvalue weighted by atomic mass is 9.90. The number of rotatable bonds is 5. The molecule has 4 heteroatoms. The van der Waals surface area contributed by atoms with E-state index >= 15 is 0 Å². The number of furan rings is 1. The van der Waals surface area contributed by atoms with E-state index in [1.165, 1.54) is 21.9 Å². The van der Waals surface area contributed by atoms with Crippen molar-refractivity contribution >= 4 is 32.7 Å². The maximum absolute atomic E-state index is 6.54. The van der Waals surface area contributed by atoms with Gasteiger partial charge in [-0.15, -0.1) is 0 Å². The van der Waals surface area contributed by atoms with E-state index in [1.54, 1.807) is 0 Å². The zero-order valence-corrected chi connectivity index (χ0v) is 25.3. The fourth-order valence-corrected chi connectivity index (χ4v) is 6.54. The fourth-order valence-electron chi connectivity index (χ4n) is 6.54. The van der Waals surface area contributed by atoms with E-state index in [9.17, 15) is 0 Å². The van der Waals surface area contributed by atoms with Gasteiger partial charge in [-0.1, -0.05) is 146 Å². The van der Waals surface area contributed by atoms with Crippen LogP contribution in [-0.4, -0.2) is 15.0 Å². The van der Waals surface area contributed by atoms with Crippen LogP contribution in [-0.2, 0) is 0 Å². The van der Waals surface area contributed by atoms with E-state index in [0.717, 1.165) is 49.8 Å². The van der Waals surface area contributed by atoms with Gasteiger partial charge >= 0.3 is 0 Å². The van der Waals surface area contributed by atoms with Gasteiger partial charge in [0.1, 0.15) is 11.2 Å². The molecule has 0 saturated carbocycles. The zero-order chi connectivity index (χ0) is 31.2. The Bertz CT molecular complexity index is 2500. The highest BCUT2D eigenvalue weighted by atomic mass is 16.3. The Labute approximate surface area is 271 Å². The van der Waals surface area contributed by atoms with Gasteiger partial charge in [-0.25, -0.2) is 15.0 Å². The van der Waals surface area contributed by atoms with Crippen molar-refractivity contribution in [2.45, 2.75) is 0 Å². The molecule has 0 aliphatic heterocycles. The standard InChI is InChI=1S/C43H27N3O/c1-4-14-28(15-5-1)32-24-25-33(35-21-11-10-20-34(32)35)31-26-37(40-36-22-12-13-23-38(36)47-39(40)27-31)43-45-41(29-16-6-2-7-17-29)44-42(46-43)30-18-8-3-9-19-30/h1-27H. The Morgan fingerprint density at radius 1 is 0.319 bits per heavy atom. The Morgan fingerprint density at radius 3 is 1.38 bits per heavy atom. The molecule has 7 aromatic carbocycles. The van der Waals surface area contributed by atoms with Crippen LogP contribution in [0.2, 0.25) is 0 Å². The van der Waals surface area contributed by atoms with Gasteiger partial charge in [0, 0.05) is 27.5 Å². The first kappa shape index (κ1) is 27.0. The number of fused-ring (bicyclic) bond motifs is 4. The second kappa shape index (κ2) is 11.2. The first-order valence-corrected chi connectivity index (χ1v) is 15.7. The molecule has 0 bridgehead atoms. The summed E-state index contributed by atoms with van der Waals surface area (Å²) in [7, 11) is 0. The van der Waals surface area contributed by atoms with Gasteiger partial charge in [-0.05, 0) is 51.2 Å². The van der Waals surface area contributed by atoms with E-state index in [0.29, 0.717) is 17.5 Å². The van der Waals surface area contributed by atoms with Crippen LogP contribution in [0.3, 0.4) is 0 Å². The summed E-state index contributed by atoms with van der Waals surface area (Å²) in [6.07, 6.45) is 0. The van der Waals surface area contributed by atoms with Crippen LogP contribution in [0.1, 0.15) is 0 Å². The third-order valence-corrected chi connectivity index (χ3v) is 8.74. The quantitative estimate of drug-likeness (QED) is 0.197. The van der Waals surface area contributed by atoms with Crippen molar-refractivity contribution in [3.05, 3.63) is 164 Å². The van der Waals surface area contributed by atoms with Gasteiger partial charge in [0.25, 0.3) is 0 Å². The van der Waals surface area contributed by atoms with Gasteiger partial charge in [-0.3, -0.25) is 0 Å². The minimum absolute atomic E-state index is 0.598. The maximum Gasteiger partial charge on any atom is 0.164 e. The molecule has 0 spiro atoms. The molecule has 47 heavy (non-hydrogen) atoms. The summed E-state index contributed by atoms with van der Waals surface area (Å²) < 4.78 is 6.54. The van der Waals surface area contributed by atoms with Crippen LogP contribution < -0.4 is 0 Å². The SMILES string of the molecule is c1ccc(-c2nc(-c3ccccc3)nc(-c3cc(-c4ccc(-c5ccccc5)c5ccccc45)cc4oc5ccccc5c34)n2)cc1. The number of hydrogen-bond donors (Lipinski definition) is 0. The Balaban J connectivity index is 1.34. The van der Waals surface area contributed by atoms with Crippen molar-refractivity contribution in [2.24, 2.45) is 0 Å². The van der Waals surface area contributed by atoms with Crippen molar-refractivity contribution < 1.29 is 4.42 Å². The monoisotopic (exact) mass is 601 g/mol. The van der Waals surface area contributed by atoms with Crippen LogP contribution in [0, 0.1) is 0 Å². The first-order valence-electron chi connectivity index (χ1n) is 15.7. The summed E-state index contributed by atoms with van der Waals surface area (Å²) >= 11 is 0. The van der Waals surface area contributed by atoms with Crippen LogP contribution in [0.5, 0.6) is 0 Å². The highest BCUT2D eigenvalue weighted by molar-refractivity contribution is 6.14. The van der Waals surface area contributed by atoms with Gasteiger partial charge < -0.3 is 4.42 Å². The molecule has 220 valence electrons. The average Bonchev–Trinajstić information content (AvgIpc) is 3.53. The van der Waals surface area contributed by atoms with Crippen LogP contribution in [0.15, 0.2) is 168 Å². The van der Waals surface area contributed by atoms with Crippen LogP contribution >= 0.6 is 0 Å². The smallest absolute Gasteiger partial charge is 0.164 e. The van der Waals surface area contributed by atoms with E-state index in [2.05, 4.69) is 84.9 Å². The summed E-state index contributed by atoms with van der Waals surface area (Å²) in [5.74, 6) is 1.85. The number of nitrogens with zero attached hydrogens (tertiary/aromatic N) is 3. The third-order valence-electron chi connectivity index (χ3n) is 8.74. The van der Waals surface area contributed by atoms with E-state index in [1.807, 2.05) is 78.9 Å². The summed E-state index contributed by atoms with van der Waals surface area (Å²) in [6, 6.07) is 56.3. The molecule has 0 atom stereocenters. The second-order valence-electron chi connectivity index (χ2n) is 11.6. The maximum atomic E-state index is 6.54. The van der Waals surface area contributed by atoms with Gasteiger partial charge in [-0.2, -0.15) is 0 Å². The normalized spacial score (nSPS) is 11.4. The number of hydrogen-bond acceptors (Lipinski definition) is 4. The van der Waals surface area contributed by atoms with Crippen molar-refractivity contribution in [1.29, 1.82) is 0 Å². The first-order chi connectivity index (χ1) is 23.3. The molecule has 0 saturated heterocycles. The lowest BCUT2D eigenvalue weighted by Gasteiger charge is -2.14. The molecule has 9 aromatic rings. The lowest BCUT2D eigenvalue weighted by molar-refractivity contribution is 0.669. The molecule has 0 fully saturated rings. The van der Waals surface area contributed by atoms with Gasteiger partial charge in [0.2, 0.25) is 0 Å². The second-order valence-corrected chi connectivity index (χ2v) is 11.6. The van der Waals surface area contributed by atoms with Gasteiger partial charge in [0.15, 0.2) is 17.5 Å². The Morgan fingerprint density at radius 2 is 0.787 bits per heavy atom. The lowest BCUT2D eigenvalue weighted by Crippen LogP contribution is -2.00. The number of aromatic nitrogens is 3. The Kier molecular flexibility index (Phi) is 6.43. The molecule has 0 amide bonds. The average molecular weight is 602 g/mol. The predicted octanol–water partition coefficient (Wildman–Crippen LogP) is 11.3. The van der Waals surface area contributed by atoms with Crippen LogP contribution in [0.25, 0.3) is 89.1 Å². The molecule has 9 rings (SSSR count). The summed E-state index contributed by atoms with van der Waals surface area (Å²) in [6.45, 7) is 0. The zero-order valence-electron chi connectivity index (χ0n) is 25.3. The van der Waals surface area contributed by atoms with Crippen molar-refractivity contribution in [3.8, 4) is 56.4 Å². The summed E-state index contributed by atoms with van der Waals surface area (Å²) in [4.78, 5) is 15.2. The Hall–Kier alpha value is -6.39. The van der Waals surface area contributed by atoms with Crippen molar-refractivity contribution in [3.63, 3.8) is 0 Å². The van der Waals surface area contributed by atoms with E-state index in [-0.39, 0.29) is 0 Å². The minimum atomic E-state index is 0.598. The minimum Gasteiger partial charge on any atom is -0.456 e. The van der Waals surface area contributed by atoms with Crippen molar-refractivity contribution in [1.82, 2.24) is 15.0 Å². The molecule has 0 unspecified atom stereocenters. The van der Waals surface area contributed by atoms with Crippen molar-refractivity contribution in [2.75, 3.05) is 0 Å². The third kappa shape index (κ3) is 4.75. The molecule has 2 aromatic heterocycles. The molecule has 0 aliphatic rings. The molecule has 4 nitrogen and oxygen atoms in total. The summed E-state index contributed by atoms with van der Waals surface area (Å²) in [5, 5.41) is 4.37. The largest absolute Gasteiger partial charge is 0.456 e. The van der Waals surface area contributed by atoms with E-state index in [4.69, 9.17) is 19.4 Å². The predicted molar refractivity (Wildman–Crippen MR) is 192 cm³/mol. The molecular weight excluding hydrogens is 574 g/mol. The van der Waals surface area contributed by atoms with Gasteiger partial charge in [0.05, 0.1) is 0 Å². The summed E-state index contributed by atoms with van der Waals surface area (Å²) in [5.41, 5.74) is 8.91. The molecular formula is C43H27N3O. The van der Waals surface area contributed by atoms with E-state index < -0.39 is 0 Å². The fraction of sp³-hybridized carbons (Fsp3) is 0. The number of benzene rings is 7. The topological polar surface area (TPSA) is 51.8 Å². The highest BCUT2D eigenvalue weighted by Crippen LogP contribution is 2.42. The molecule has 0 radical (unpaired) electrons. The molecule has 0 aliphatic carbocycles. The number of para-hydroxylation sites is 1. The highest BCUT2D eigenvalue weighted by Gasteiger charge is 2.20.